The van der Waals surface area contributed by atoms with Crippen molar-refractivity contribution in [1.29, 1.82) is 0 Å². The first kappa shape index (κ1) is 13.3. The van der Waals surface area contributed by atoms with Crippen molar-refractivity contribution in [1.82, 2.24) is 4.31 Å². The maximum Gasteiger partial charge on any atom is 0.211 e. The minimum atomic E-state index is -3.00. The van der Waals surface area contributed by atoms with Crippen LogP contribution in [0.5, 0.6) is 0 Å². The molecule has 2 unspecified atom stereocenters. The Bertz CT molecular complexity index is 352. The van der Waals surface area contributed by atoms with Gasteiger partial charge in [0, 0.05) is 19.1 Å². The summed E-state index contributed by atoms with van der Waals surface area (Å²) < 4.78 is 24.6. The smallest absolute Gasteiger partial charge is 0.211 e. The molecule has 1 aliphatic heterocycles. The van der Waals surface area contributed by atoms with E-state index in [1.54, 1.807) is 4.31 Å². The Hall–Kier alpha value is -0.130. The second-order valence-electron chi connectivity index (χ2n) is 5.71. The molecule has 0 radical (unpaired) electrons. The molecule has 100 valence electrons. The van der Waals surface area contributed by atoms with Crippen molar-refractivity contribution in [3.63, 3.8) is 0 Å². The summed E-state index contributed by atoms with van der Waals surface area (Å²) in [5.41, 5.74) is 6.08. The molecule has 2 rings (SSSR count). The van der Waals surface area contributed by atoms with E-state index in [-0.39, 0.29) is 0 Å². The summed E-state index contributed by atoms with van der Waals surface area (Å²) >= 11 is 0. The van der Waals surface area contributed by atoms with E-state index < -0.39 is 10.0 Å². The van der Waals surface area contributed by atoms with Crippen molar-refractivity contribution < 1.29 is 8.42 Å². The summed E-state index contributed by atoms with van der Waals surface area (Å²) in [5.74, 6) is 1.27. The molecule has 0 spiro atoms. The Morgan fingerprint density at radius 3 is 2.65 bits per heavy atom. The first-order valence-corrected chi connectivity index (χ1v) is 8.52. The maximum absolute atomic E-state index is 11.5. The van der Waals surface area contributed by atoms with Gasteiger partial charge in [-0.2, -0.15) is 0 Å². The van der Waals surface area contributed by atoms with Crippen LogP contribution in [0.4, 0.5) is 0 Å². The minimum absolute atomic E-state index is 0.351. The number of rotatable bonds is 5. The van der Waals surface area contributed by atoms with Crippen molar-refractivity contribution in [2.45, 2.75) is 44.6 Å². The summed E-state index contributed by atoms with van der Waals surface area (Å²) in [4.78, 5) is 0. The summed E-state index contributed by atoms with van der Waals surface area (Å²) in [6.07, 6.45) is 8.20. The van der Waals surface area contributed by atoms with Crippen molar-refractivity contribution in [3.8, 4) is 0 Å². The fraction of sp³-hybridized carbons (Fsp3) is 1.00. The first-order valence-electron chi connectivity index (χ1n) is 6.67. The predicted octanol–water partition coefficient (Wildman–Crippen LogP) is 1.18. The number of hydrogen-bond acceptors (Lipinski definition) is 3. The van der Waals surface area contributed by atoms with Gasteiger partial charge < -0.3 is 5.73 Å². The molecule has 17 heavy (non-hydrogen) atoms. The minimum Gasteiger partial charge on any atom is -0.327 e. The van der Waals surface area contributed by atoms with Crippen LogP contribution in [0.3, 0.4) is 0 Å². The second kappa shape index (κ2) is 5.24. The molecular weight excluding hydrogens is 236 g/mol. The molecular formula is C12H24N2O2S. The fourth-order valence-corrected chi connectivity index (χ4v) is 3.69. The first-order chi connectivity index (χ1) is 7.97. The summed E-state index contributed by atoms with van der Waals surface area (Å²) in [6, 6.07) is 0.351. The molecule has 0 amide bonds. The van der Waals surface area contributed by atoms with Gasteiger partial charge in [0.05, 0.1) is 6.26 Å². The van der Waals surface area contributed by atoms with E-state index in [1.807, 2.05) is 0 Å². The lowest BCUT2D eigenvalue weighted by atomic mass is 9.92. The highest BCUT2D eigenvalue weighted by molar-refractivity contribution is 7.88. The molecule has 0 bridgehead atoms. The summed E-state index contributed by atoms with van der Waals surface area (Å²) in [7, 11) is -3.00. The lowest BCUT2D eigenvalue weighted by molar-refractivity contribution is 0.248. The molecule has 5 heteroatoms. The van der Waals surface area contributed by atoms with Gasteiger partial charge >= 0.3 is 0 Å². The highest BCUT2D eigenvalue weighted by atomic mass is 32.2. The molecule has 2 aliphatic rings. The van der Waals surface area contributed by atoms with Gasteiger partial charge in [0.2, 0.25) is 10.0 Å². The lowest BCUT2D eigenvalue weighted by Crippen LogP contribution is -2.39. The Kier molecular flexibility index (Phi) is 4.10. The quantitative estimate of drug-likeness (QED) is 0.807. The van der Waals surface area contributed by atoms with Crippen LogP contribution in [0.15, 0.2) is 0 Å². The molecule has 4 nitrogen and oxygen atoms in total. The van der Waals surface area contributed by atoms with Crippen LogP contribution >= 0.6 is 0 Å². The topological polar surface area (TPSA) is 63.4 Å². The van der Waals surface area contributed by atoms with Crippen LogP contribution in [-0.2, 0) is 10.0 Å². The Labute approximate surface area is 105 Å². The van der Waals surface area contributed by atoms with E-state index >= 15 is 0 Å². The third-order valence-corrected chi connectivity index (χ3v) is 5.36. The van der Waals surface area contributed by atoms with Gasteiger partial charge in [0.15, 0.2) is 0 Å². The predicted molar refractivity (Wildman–Crippen MR) is 69.1 cm³/mol. The number of nitrogens with two attached hydrogens (primary N) is 1. The Balaban J connectivity index is 1.77. The standard InChI is InChI=1S/C12H24N2O2S/c1-17(15,16)14-8-2-3-10(9-14)4-7-12(13)11-5-6-11/h10-12H,2-9,13H2,1H3. The highest BCUT2D eigenvalue weighted by Crippen LogP contribution is 2.34. The SMILES string of the molecule is CS(=O)(=O)N1CCCC(CCC(N)C2CC2)C1. The number of piperidine rings is 1. The van der Waals surface area contributed by atoms with Crippen LogP contribution in [0.1, 0.15) is 38.5 Å². The molecule has 0 aromatic carbocycles. The van der Waals surface area contributed by atoms with Gasteiger partial charge in [0.25, 0.3) is 0 Å². The van der Waals surface area contributed by atoms with Gasteiger partial charge in [-0.3, -0.25) is 0 Å². The van der Waals surface area contributed by atoms with Gasteiger partial charge in [0.1, 0.15) is 0 Å². The third-order valence-electron chi connectivity index (χ3n) is 4.09. The number of hydrogen-bond donors (Lipinski definition) is 1. The zero-order chi connectivity index (χ0) is 12.5. The molecule has 2 N–H and O–H groups in total. The van der Waals surface area contributed by atoms with Crippen molar-refractivity contribution in [3.05, 3.63) is 0 Å². The molecule has 1 saturated heterocycles. The Morgan fingerprint density at radius 1 is 1.35 bits per heavy atom. The van der Waals surface area contributed by atoms with Gasteiger partial charge in [-0.25, -0.2) is 12.7 Å². The molecule has 1 aliphatic carbocycles. The van der Waals surface area contributed by atoms with Crippen LogP contribution in [0, 0.1) is 11.8 Å². The van der Waals surface area contributed by atoms with E-state index in [4.69, 9.17) is 5.73 Å². The van der Waals surface area contributed by atoms with E-state index in [1.165, 1.54) is 19.1 Å². The summed E-state index contributed by atoms with van der Waals surface area (Å²) in [6.45, 7) is 1.40. The zero-order valence-corrected chi connectivity index (χ0v) is 11.5. The third kappa shape index (κ3) is 3.93. The van der Waals surface area contributed by atoms with Crippen LogP contribution < -0.4 is 5.73 Å². The summed E-state index contributed by atoms with van der Waals surface area (Å²) in [5, 5.41) is 0. The maximum atomic E-state index is 11.5. The Morgan fingerprint density at radius 2 is 2.06 bits per heavy atom. The van der Waals surface area contributed by atoms with Crippen molar-refractivity contribution in [2.24, 2.45) is 17.6 Å². The fourth-order valence-electron chi connectivity index (χ4n) is 2.75. The molecule has 1 heterocycles. The highest BCUT2D eigenvalue weighted by Gasteiger charge is 2.30. The van der Waals surface area contributed by atoms with Gasteiger partial charge in [-0.1, -0.05) is 0 Å². The normalized spacial score (nSPS) is 29.2. The number of sulfonamides is 1. The monoisotopic (exact) mass is 260 g/mol. The van der Waals surface area contributed by atoms with Gasteiger partial charge in [-0.05, 0) is 50.4 Å². The van der Waals surface area contributed by atoms with Crippen molar-refractivity contribution in [2.75, 3.05) is 19.3 Å². The van der Waals surface area contributed by atoms with Gasteiger partial charge in [-0.15, -0.1) is 0 Å². The van der Waals surface area contributed by atoms with E-state index in [0.717, 1.165) is 31.6 Å². The van der Waals surface area contributed by atoms with E-state index in [9.17, 15) is 8.42 Å². The van der Waals surface area contributed by atoms with Crippen LogP contribution in [0.2, 0.25) is 0 Å². The average molecular weight is 260 g/mol. The van der Waals surface area contributed by atoms with Crippen LogP contribution in [-0.4, -0.2) is 38.1 Å². The second-order valence-corrected chi connectivity index (χ2v) is 7.69. The lowest BCUT2D eigenvalue weighted by Gasteiger charge is -2.31. The molecule has 2 fully saturated rings. The molecule has 0 aromatic rings. The largest absolute Gasteiger partial charge is 0.327 e. The molecule has 2 atom stereocenters. The zero-order valence-electron chi connectivity index (χ0n) is 10.6. The molecule has 1 saturated carbocycles. The average Bonchev–Trinajstić information content (AvgIpc) is 3.09. The van der Waals surface area contributed by atoms with Crippen LogP contribution in [0.25, 0.3) is 0 Å². The van der Waals surface area contributed by atoms with E-state index in [0.29, 0.717) is 25.0 Å². The number of nitrogens with zero attached hydrogens (tertiary/aromatic N) is 1. The van der Waals surface area contributed by atoms with E-state index in [2.05, 4.69) is 0 Å². The molecule has 0 aromatic heterocycles. The van der Waals surface area contributed by atoms with Crippen molar-refractivity contribution >= 4 is 10.0 Å².